The molecule has 1 aromatic heterocycles. The molecule has 0 spiro atoms. The van der Waals surface area contributed by atoms with E-state index in [0.717, 1.165) is 43.1 Å². The summed E-state index contributed by atoms with van der Waals surface area (Å²) in [6.45, 7) is 1.54. The number of nitrogens with two attached hydrogens (primary N) is 1. The van der Waals surface area contributed by atoms with E-state index >= 15 is 0 Å². The minimum absolute atomic E-state index is 0.228. The van der Waals surface area contributed by atoms with Crippen molar-refractivity contribution in [2.24, 2.45) is 0 Å². The van der Waals surface area contributed by atoms with Gasteiger partial charge in [-0.3, -0.25) is 0 Å². The van der Waals surface area contributed by atoms with E-state index in [-0.39, 0.29) is 6.10 Å². The van der Waals surface area contributed by atoms with E-state index in [2.05, 4.69) is 5.16 Å². The Hall–Kier alpha value is -2.01. The molecule has 0 saturated carbocycles. The molecule has 1 fully saturated rings. The maximum Gasteiger partial charge on any atom is 0.222 e. The smallest absolute Gasteiger partial charge is 0.222 e. The molecule has 19 heavy (non-hydrogen) atoms. The van der Waals surface area contributed by atoms with E-state index < -0.39 is 0 Å². The van der Waals surface area contributed by atoms with Gasteiger partial charge >= 0.3 is 0 Å². The Morgan fingerprint density at radius 2 is 2.05 bits per heavy atom. The van der Waals surface area contributed by atoms with E-state index in [1.54, 1.807) is 6.07 Å². The third-order valence-corrected chi connectivity index (χ3v) is 3.13. The van der Waals surface area contributed by atoms with Crippen molar-refractivity contribution in [3.05, 3.63) is 30.3 Å². The van der Waals surface area contributed by atoms with Gasteiger partial charge in [0, 0.05) is 24.5 Å². The lowest BCUT2D eigenvalue weighted by Crippen LogP contribution is -2.25. The Kier molecular flexibility index (Phi) is 3.37. The summed E-state index contributed by atoms with van der Waals surface area (Å²) >= 11 is 0. The molecule has 1 aliphatic rings. The van der Waals surface area contributed by atoms with E-state index in [9.17, 15) is 0 Å². The van der Waals surface area contributed by atoms with Crippen LogP contribution in [0, 0.1) is 0 Å². The van der Waals surface area contributed by atoms with Gasteiger partial charge in [-0.1, -0.05) is 17.3 Å². The highest BCUT2D eigenvalue weighted by Crippen LogP contribution is 2.26. The van der Waals surface area contributed by atoms with Gasteiger partial charge < -0.3 is 19.7 Å². The predicted molar refractivity (Wildman–Crippen MR) is 70.8 cm³/mol. The third-order valence-electron chi connectivity index (χ3n) is 3.13. The maximum atomic E-state index is 5.95. The molecule has 0 bridgehead atoms. The SMILES string of the molecule is Nc1cc(-c2cccc(OC3CCOCC3)c2)no1. The molecule has 0 amide bonds. The first-order valence-corrected chi connectivity index (χ1v) is 6.38. The van der Waals surface area contributed by atoms with Gasteiger partial charge in [-0.2, -0.15) is 0 Å². The first kappa shape index (κ1) is 12.0. The molecule has 1 aromatic carbocycles. The summed E-state index contributed by atoms with van der Waals surface area (Å²) in [5.74, 6) is 1.15. The zero-order valence-corrected chi connectivity index (χ0v) is 10.5. The molecular weight excluding hydrogens is 244 g/mol. The maximum absolute atomic E-state index is 5.95. The molecule has 2 aromatic rings. The van der Waals surface area contributed by atoms with Crippen LogP contribution in [0.4, 0.5) is 5.88 Å². The van der Waals surface area contributed by atoms with Gasteiger partial charge in [-0.15, -0.1) is 0 Å². The Morgan fingerprint density at radius 1 is 1.21 bits per heavy atom. The van der Waals surface area contributed by atoms with Crippen molar-refractivity contribution in [1.82, 2.24) is 5.16 Å². The number of hydrogen-bond donors (Lipinski definition) is 1. The second-order valence-electron chi connectivity index (χ2n) is 4.57. The first-order valence-electron chi connectivity index (χ1n) is 6.38. The Morgan fingerprint density at radius 3 is 2.79 bits per heavy atom. The van der Waals surface area contributed by atoms with E-state index in [1.165, 1.54) is 0 Å². The monoisotopic (exact) mass is 260 g/mol. The zero-order valence-electron chi connectivity index (χ0n) is 10.5. The van der Waals surface area contributed by atoms with Crippen molar-refractivity contribution in [3.8, 4) is 17.0 Å². The molecule has 0 unspecified atom stereocenters. The van der Waals surface area contributed by atoms with Gasteiger partial charge in [0.25, 0.3) is 0 Å². The van der Waals surface area contributed by atoms with E-state index in [0.29, 0.717) is 5.88 Å². The van der Waals surface area contributed by atoms with E-state index in [4.69, 9.17) is 19.7 Å². The number of ether oxygens (including phenoxy) is 2. The summed E-state index contributed by atoms with van der Waals surface area (Å²) < 4.78 is 16.2. The molecule has 5 heteroatoms. The van der Waals surface area contributed by atoms with Crippen LogP contribution in [0.3, 0.4) is 0 Å². The van der Waals surface area contributed by atoms with Crippen LogP contribution in [0.15, 0.2) is 34.9 Å². The van der Waals surface area contributed by atoms with Crippen molar-refractivity contribution < 1.29 is 14.0 Å². The van der Waals surface area contributed by atoms with Crippen molar-refractivity contribution in [3.63, 3.8) is 0 Å². The molecule has 3 rings (SSSR count). The molecule has 5 nitrogen and oxygen atoms in total. The zero-order chi connectivity index (χ0) is 13.1. The van der Waals surface area contributed by atoms with Crippen LogP contribution in [-0.4, -0.2) is 24.5 Å². The summed E-state index contributed by atoms with van der Waals surface area (Å²) in [5.41, 5.74) is 7.18. The number of benzene rings is 1. The molecule has 0 aliphatic carbocycles. The summed E-state index contributed by atoms with van der Waals surface area (Å²) in [5, 5.41) is 3.90. The van der Waals surface area contributed by atoms with Crippen molar-refractivity contribution in [2.45, 2.75) is 18.9 Å². The fraction of sp³-hybridized carbons (Fsp3) is 0.357. The van der Waals surface area contributed by atoms with Gasteiger partial charge in [-0.05, 0) is 12.1 Å². The summed E-state index contributed by atoms with van der Waals surface area (Å²) in [6, 6.07) is 9.49. The normalized spacial score (nSPS) is 16.4. The quantitative estimate of drug-likeness (QED) is 0.918. The largest absolute Gasteiger partial charge is 0.490 e. The van der Waals surface area contributed by atoms with Crippen LogP contribution in [0.5, 0.6) is 5.75 Å². The van der Waals surface area contributed by atoms with Gasteiger partial charge in [0.2, 0.25) is 5.88 Å². The number of nitrogens with zero attached hydrogens (tertiary/aromatic N) is 1. The average molecular weight is 260 g/mol. The van der Waals surface area contributed by atoms with Crippen molar-refractivity contribution in [1.29, 1.82) is 0 Å². The highest BCUT2D eigenvalue weighted by Gasteiger charge is 2.15. The van der Waals surface area contributed by atoms with Crippen molar-refractivity contribution in [2.75, 3.05) is 18.9 Å². The Balaban J connectivity index is 1.75. The lowest BCUT2D eigenvalue weighted by atomic mass is 10.1. The van der Waals surface area contributed by atoms with Crippen LogP contribution >= 0.6 is 0 Å². The van der Waals surface area contributed by atoms with E-state index in [1.807, 2.05) is 24.3 Å². The van der Waals surface area contributed by atoms with Gasteiger partial charge in [0.05, 0.1) is 13.2 Å². The second kappa shape index (κ2) is 5.32. The minimum Gasteiger partial charge on any atom is -0.490 e. The average Bonchev–Trinajstić information content (AvgIpc) is 2.87. The third kappa shape index (κ3) is 2.88. The molecular formula is C14H16N2O3. The number of anilines is 1. The molecule has 1 saturated heterocycles. The molecule has 2 N–H and O–H groups in total. The van der Waals surface area contributed by atoms with Crippen LogP contribution in [0.2, 0.25) is 0 Å². The van der Waals surface area contributed by atoms with Crippen LogP contribution in [0.25, 0.3) is 11.3 Å². The number of aromatic nitrogens is 1. The Bertz CT molecular complexity index is 547. The molecule has 0 atom stereocenters. The number of rotatable bonds is 3. The van der Waals surface area contributed by atoms with Crippen LogP contribution in [0.1, 0.15) is 12.8 Å². The molecule has 1 aliphatic heterocycles. The topological polar surface area (TPSA) is 70.5 Å². The minimum atomic E-state index is 0.228. The molecule has 2 heterocycles. The standard InChI is InChI=1S/C14H16N2O3/c15-14-9-13(16-19-14)10-2-1-3-12(8-10)18-11-4-6-17-7-5-11/h1-3,8-9,11H,4-7,15H2. The lowest BCUT2D eigenvalue weighted by molar-refractivity contribution is 0.0256. The van der Waals surface area contributed by atoms with Gasteiger partial charge in [0.15, 0.2) is 0 Å². The molecule has 100 valence electrons. The fourth-order valence-corrected chi connectivity index (χ4v) is 2.14. The first-order chi connectivity index (χ1) is 9.31. The number of nitrogen functional groups attached to an aromatic ring is 1. The van der Waals surface area contributed by atoms with Gasteiger partial charge in [0.1, 0.15) is 17.5 Å². The summed E-state index contributed by atoms with van der Waals surface area (Å²) in [6.07, 6.45) is 2.09. The van der Waals surface area contributed by atoms with Gasteiger partial charge in [-0.25, -0.2) is 0 Å². The predicted octanol–water partition coefficient (Wildman–Crippen LogP) is 2.48. The number of hydrogen-bond acceptors (Lipinski definition) is 5. The molecule has 0 radical (unpaired) electrons. The van der Waals surface area contributed by atoms with Crippen LogP contribution in [-0.2, 0) is 4.74 Å². The fourth-order valence-electron chi connectivity index (χ4n) is 2.14. The van der Waals surface area contributed by atoms with Crippen LogP contribution < -0.4 is 10.5 Å². The summed E-state index contributed by atoms with van der Waals surface area (Å²) in [4.78, 5) is 0. The Labute approximate surface area is 111 Å². The lowest BCUT2D eigenvalue weighted by Gasteiger charge is -2.23. The van der Waals surface area contributed by atoms with Crippen molar-refractivity contribution >= 4 is 5.88 Å². The second-order valence-corrected chi connectivity index (χ2v) is 4.57. The summed E-state index contributed by atoms with van der Waals surface area (Å²) in [7, 11) is 0. The highest BCUT2D eigenvalue weighted by molar-refractivity contribution is 5.62. The highest BCUT2D eigenvalue weighted by atomic mass is 16.5.